The summed E-state index contributed by atoms with van der Waals surface area (Å²) in [5.74, 6) is 0.0274. The highest BCUT2D eigenvalue weighted by atomic mass is 32.2. The van der Waals surface area contributed by atoms with Gasteiger partial charge in [-0.05, 0) is 75.9 Å². The summed E-state index contributed by atoms with van der Waals surface area (Å²) < 4.78 is 0. The van der Waals surface area contributed by atoms with Crippen molar-refractivity contribution in [1.29, 1.82) is 0 Å². The molecule has 1 unspecified atom stereocenters. The Bertz CT molecular complexity index is 1040. The van der Waals surface area contributed by atoms with Crippen molar-refractivity contribution in [3.63, 3.8) is 0 Å². The van der Waals surface area contributed by atoms with Crippen LogP contribution < -0.4 is 5.32 Å². The Morgan fingerprint density at radius 3 is 2.36 bits per heavy atom. The second kappa shape index (κ2) is 8.36. The SMILES string of the molecule is CCC(Sc1cc(C)c2cc(C)cc(C)c2n1)C(=O)Nc1ccc(C)cc1C. The van der Waals surface area contributed by atoms with Gasteiger partial charge < -0.3 is 5.32 Å². The molecule has 3 aromatic rings. The molecule has 0 aliphatic heterocycles. The van der Waals surface area contributed by atoms with Crippen LogP contribution in [0.25, 0.3) is 10.9 Å². The van der Waals surface area contributed by atoms with Crippen molar-refractivity contribution >= 4 is 34.3 Å². The number of hydrogen-bond acceptors (Lipinski definition) is 3. The minimum absolute atomic E-state index is 0.0274. The fourth-order valence-electron chi connectivity index (χ4n) is 3.51. The lowest BCUT2D eigenvalue weighted by atomic mass is 10.0. The summed E-state index contributed by atoms with van der Waals surface area (Å²) in [6.07, 6.45) is 0.743. The Morgan fingerprint density at radius 1 is 0.964 bits per heavy atom. The monoisotopic (exact) mass is 392 g/mol. The van der Waals surface area contributed by atoms with Crippen LogP contribution in [0.5, 0.6) is 0 Å². The van der Waals surface area contributed by atoms with Gasteiger partial charge in [0, 0.05) is 11.1 Å². The van der Waals surface area contributed by atoms with E-state index in [0.29, 0.717) is 0 Å². The molecule has 3 nitrogen and oxygen atoms in total. The van der Waals surface area contributed by atoms with E-state index in [2.05, 4.69) is 57.3 Å². The molecule has 0 radical (unpaired) electrons. The van der Waals surface area contributed by atoms with Crippen molar-refractivity contribution in [3.8, 4) is 0 Å². The van der Waals surface area contributed by atoms with E-state index in [1.54, 1.807) is 11.8 Å². The first-order chi connectivity index (χ1) is 13.3. The molecule has 0 fully saturated rings. The van der Waals surface area contributed by atoms with Crippen molar-refractivity contribution in [2.75, 3.05) is 5.32 Å². The van der Waals surface area contributed by atoms with Gasteiger partial charge in [-0.25, -0.2) is 4.98 Å². The third-order valence-corrected chi connectivity index (χ3v) is 6.28. The van der Waals surface area contributed by atoms with Crippen molar-refractivity contribution in [3.05, 3.63) is 64.2 Å². The van der Waals surface area contributed by atoms with Gasteiger partial charge in [-0.3, -0.25) is 4.79 Å². The largest absolute Gasteiger partial charge is 0.325 e. The number of hydrogen-bond donors (Lipinski definition) is 1. The number of anilines is 1. The van der Waals surface area contributed by atoms with Gasteiger partial charge in [-0.2, -0.15) is 0 Å². The molecule has 28 heavy (non-hydrogen) atoms. The lowest BCUT2D eigenvalue weighted by Gasteiger charge is -2.17. The number of nitrogens with zero attached hydrogens (tertiary/aromatic N) is 1. The Morgan fingerprint density at radius 2 is 1.68 bits per heavy atom. The van der Waals surface area contributed by atoms with Crippen molar-refractivity contribution < 1.29 is 4.79 Å². The minimum Gasteiger partial charge on any atom is -0.325 e. The molecule has 0 spiro atoms. The van der Waals surface area contributed by atoms with Crippen LogP contribution in [0.3, 0.4) is 0 Å². The zero-order valence-corrected chi connectivity index (χ0v) is 18.3. The Hall–Kier alpha value is -2.33. The van der Waals surface area contributed by atoms with E-state index in [4.69, 9.17) is 4.98 Å². The summed E-state index contributed by atoms with van der Waals surface area (Å²) in [6, 6.07) is 12.5. The lowest BCUT2D eigenvalue weighted by molar-refractivity contribution is -0.115. The van der Waals surface area contributed by atoms with E-state index >= 15 is 0 Å². The van der Waals surface area contributed by atoms with Crippen LogP contribution >= 0.6 is 11.8 Å². The number of nitrogens with one attached hydrogen (secondary N) is 1. The second-order valence-corrected chi connectivity index (χ2v) is 8.80. The molecule has 1 aromatic heterocycles. The Labute approximate surface area is 172 Å². The molecule has 0 aliphatic carbocycles. The molecule has 1 N–H and O–H groups in total. The first-order valence-corrected chi connectivity index (χ1v) is 10.6. The summed E-state index contributed by atoms with van der Waals surface area (Å²) in [4.78, 5) is 17.8. The first-order valence-electron chi connectivity index (χ1n) is 9.72. The van der Waals surface area contributed by atoms with E-state index in [1.165, 1.54) is 27.6 Å². The summed E-state index contributed by atoms with van der Waals surface area (Å²) >= 11 is 1.54. The van der Waals surface area contributed by atoms with Gasteiger partial charge in [0.05, 0.1) is 15.8 Å². The first kappa shape index (κ1) is 20.4. The molecule has 0 saturated carbocycles. The number of thioether (sulfide) groups is 1. The number of rotatable bonds is 5. The van der Waals surface area contributed by atoms with Crippen LogP contribution in [0.4, 0.5) is 5.69 Å². The predicted molar refractivity (Wildman–Crippen MR) is 120 cm³/mol. The summed E-state index contributed by atoms with van der Waals surface area (Å²) in [5, 5.41) is 5.00. The van der Waals surface area contributed by atoms with Gasteiger partial charge in [0.25, 0.3) is 0 Å². The van der Waals surface area contributed by atoms with Gasteiger partial charge in [-0.15, -0.1) is 0 Å². The Kier molecular flexibility index (Phi) is 6.09. The topological polar surface area (TPSA) is 42.0 Å². The molecular formula is C24H28N2OS. The minimum atomic E-state index is -0.184. The molecular weight excluding hydrogens is 364 g/mol. The van der Waals surface area contributed by atoms with Crippen molar-refractivity contribution in [2.24, 2.45) is 0 Å². The quantitative estimate of drug-likeness (QED) is 0.519. The normalized spacial score (nSPS) is 12.2. The van der Waals surface area contributed by atoms with E-state index < -0.39 is 0 Å². The van der Waals surface area contributed by atoms with Crippen LogP contribution in [0, 0.1) is 34.6 Å². The maximum Gasteiger partial charge on any atom is 0.237 e. The Balaban J connectivity index is 1.85. The molecule has 146 valence electrons. The number of carbonyl (C=O) groups excluding carboxylic acids is 1. The van der Waals surface area contributed by atoms with E-state index in [1.807, 2.05) is 26.0 Å². The average Bonchev–Trinajstić information content (AvgIpc) is 2.63. The average molecular weight is 393 g/mol. The second-order valence-electron chi connectivity index (χ2n) is 7.58. The number of aryl methyl sites for hydroxylation is 5. The summed E-state index contributed by atoms with van der Waals surface area (Å²) in [6.45, 7) is 12.4. The van der Waals surface area contributed by atoms with Crippen LogP contribution in [0.15, 0.2) is 41.4 Å². The van der Waals surface area contributed by atoms with Gasteiger partial charge in [0.15, 0.2) is 0 Å². The molecule has 1 atom stereocenters. The lowest BCUT2D eigenvalue weighted by Crippen LogP contribution is -2.25. The molecule has 3 rings (SSSR count). The zero-order valence-electron chi connectivity index (χ0n) is 17.5. The molecule has 0 bridgehead atoms. The molecule has 0 saturated heterocycles. The predicted octanol–water partition coefficient (Wildman–Crippen LogP) is 6.29. The number of aromatic nitrogens is 1. The van der Waals surface area contributed by atoms with Crippen LogP contribution in [0.2, 0.25) is 0 Å². The highest BCUT2D eigenvalue weighted by Gasteiger charge is 2.20. The number of amides is 1. The molecule has 2 aromatic carbocycles. The highest BCUT2D eigenvalue weighted by molar-refractivity contribution is 8.00. The fourth-order valence-corrected chi connectivity index (χ4v) is 4.52. The third kappa shape index (κ3) is 4.39. The number of benzene rings is 2. The van der Waals surface area contributed by atoms with Crippen LogP contribution in [-0.4, -0.2) is 16.1 Å². The van der Waals surface area contributed by atoms with Crippen LogP contribution in [0.1, 0.15) is 41.2 Å². The molecule has 1 amide bonds. The third-order valence-electron chi connectivity index (χ3n) is 5.00. The number of carbonyl (C=O) groups is 1. The maximum atomic E-state index is 12.9. The summed E-state index contributed by atoms with van der Waals surface area (Å²) in [7, 11) is 0. The smallest absolute Gasteiger partial charge is 0.237 e. The van der Waals surface area contributed by atoms with E-state index in [9.17, 15) is 4.79 Å². The highest BCUT2D eigenvalue weighted by Crippen LogP contribution is 2.31. The summed E-state index contributed by atoms with van der Waals surface area (Å²) in [5.41, 5.74) is 7.80. The van der Waals surface area contributed by atoms with E-state index in [0.717, 1.165) is 28.2 Å². The molecule has 1 heterocycles. The van der Waals surface area contributed by atoms with Gasteiger partial charge in [0.2, 0.25) is 5.91 Å². The number of pyridine rings is 1. The van der Waals surface area contributed by atoms with E-state index in [-0.39, 0.29) is 11.2 Å². The van der Waals surface area contributed by atoms with Gasteiger partial charge in [0.1, 0.15) is 0 Å². The number of fused-ring (bicyclic) bond motifs is 1. The van der Waals surface area contributed by atoms with Crippen molar-refractivity contribution in [2.45, 2.75) is 58.2 Å². The molecule has 4 heteroatoms. The van der Waals surface area contributed by atoms with Crippen molar-refractivity contribution in [1.82, 2.24) is 4.98 Å². The van der Waals surface area contributed by atoms with Gasteiger partial charge >= 0.3 is 0 Å². The maximum absolute atomic E-state index is 12.9. The zero-order chi connectivity index (χ0) is 20.4. The van der Waals surface area contributed by atoms with Crippen LogP contribution in [-0.2, 0) is 4.79 Å². The standard InChI is InChI=1S/C24H28N2OS/c1-7-21(24(27)25-20-9-8-14(2)10-17(20)5)28-22-13-16(4)19-12-15(3)11-18(6)23(19)26-22/h8-13,21H,7H2,1-6H3,(H,25,27). The molecule has 0 aliphatic rings. The van der Waals surface area contributed by atoms with Gasteiger partial charge in [-0.1, -0.05) is 48.0 Å². The fraction of sp³-hybridized carbons (Fsp3) is 0.333.